The quantitative estimate of drug-likeness (QED) is 0.452. The molecule has 2 heterocycles. The van der Waals surface area contributed by atoms with Crippen LogP contribution in [0.5, 0.6) is 6.01 Å². The molecule has 0 aliphatic rings. The second kappa shape index (κ2) is 8.00. The van der Waals surface area contributed by atoms with Crippen LogP contribution in [0.25, 0.3) is 11.2 Å². The minimum atomic E-state index is -0.353. The number of H-pyrrole nitrogens is 1. The van der Waals surface area contributed by atoms with E-state index < -0.39 is 0 Å². The first-order valence-electron chi connectivity index (χ1n) is 8.53. The van der Waals surface area contributed by atoms with E-state index in [1.165, 1.54) is 4.57 Å². The summed E-state index contributed by atoms with van der Waals surface area (Å²) >= 11 is 0. The largest absolute Gasteiger partial charge is 0.461 e. The van der Waals surface area contributed by atoms with Crippen LogP contribution in [-0.4, -0.2) is 45.6 Å². The first-order valence-corrected chi connectivity index (χ1v) is 8.53. The van der Waals surface area contributed by atoms with Crippen LogP contribution >= 0.6 is 0 Å². The lowest BCUT2D eigenvalue weighted by molar-refractivity contribution is 0.0988. The van der Waals surface area contributed by atoms with E-state index in [1.807, 2.05) is 19.1 Å². The molecule has 2 aromatic heterocycles. The van der Waals surface area contributed by atoms with Crippen molar-refractivity contribution in [1.82, 2.24) is 19.5 Å². The third-order valence-corrected chi connectivity index (χ3v) is 4.09. The Morgan fingerprint density at radius 3 is 2.63 bits per heavy atom. The van der Waals surface area contributed by atoms with Gasteiger partial charge in [-0.1, -0.05) is 31.2 Å². The van der Waals surface area contributed by atoms with Crippen molar-refractivity contribution in [3.8, 4) is 6.01 Å². The number of hydrogen-bond donors (Lipinski definition) is 2. The number of nitrogen functional groups attached to an aromatic ring is 1. The van der Waals surface area contributed by atoms with Crippen molar-refractivity contribution in [2.24, 2.45) is 0 Å². The third-order valence-electron chi connectivity index (χ3n) is 4.09. The molecule has 1 aromatic carbocycles. The molecule has 0 fully saturated rings. The fraction of sp³-hybridized carbons (Fsp3) is 0.333. The van der Waals surface area contributed by atoms with Gasteiger partial charge in [-0.15, -0.1) is 0 Å². The fourth-order valence-electron chi connectivity index (χ4n) is 2.64. The Labute approximate surface area is 155 Å². The molecular weight excluding hydrogens is 350 g/mol. The summed E-state index contributed by atoms with van der Waals surface area (Å²) < 4.78 is 11.8. The molecule has 3 N–H and O–H groups in total. The summed E-state index contributed by atoms with van der Waals surface area (Å²) in [6.07, 6.45) is 0.448. The third kappa shape index (κ3) is 3.98. The summed E-state index contributed by atoms with van der Waals surface area (Å²) in [6, 6.07) is 7.21. The van der Waals surface area contributed by atoms with E-state index >= 15 is 0 Å². The van der Waals surface area contributed by atoms with Crippen LogP contribution < -0.4 is 16.2 Å². The molecule has 3 aromatic rings. The number of aromatic nitrogens is 4. The van der Waals surface area contributed by atoms with Gasteiger partial charge in [0.2, 0.25) is 0 Å². The fourth-order valence-corrected chi connectivity index (χ4v) is 2.64. The molecule has 9 heteroatoms. The summed E-state index contributed by atoms with van der Waals surface area (Å²) in [5, 5.41) is 0. The van der Waals surface area contributed by atoms with Crippen molar-refractivity contribution >= 4 is 22.8 Å². The Balaban J connectivity index is 1.92. The van der Waals surface area contributed by atoms with Gasteiger partial charge in [-0.25, -0.2) is 4.79 Å². The number of hydrogen-bond acceptors (Lipinski definition) is 7. The number of anilines is 1. The molecule has 0 spiro atoms. The number of aromatic amines is 1. The average molecular weight is 371 g/mol. The number of fused-ring (bicyclic) bond motifs is 1. The number of nitrogens with zero attached hydrogens (tertiary/aromatic N) is 3. The van der Waals surface area contributed by atoms with E-state index in [2.05, 4.69) is 15.0 Å². The van der Waals surface area contributed by atoms with Crippen molar-refractivity contribution in [1.29, 1.82) is 0 Å². The van der Waals surface area contributed by atoms with E-state index in [4.69, 9.17) is 15.2 Å². The van der Waals surface area contributed by atoms with Crippen LogP contribution in [0, 0.1) is 0 Å². The van der Waals surface area contributed by atoms with Gasteiger partial charge in [0, 0.05) is 19.1 Å². The van der Waals surface area contributed by atoms with Crippen molar-refractivity contribution in [3.63, 3.8) is 0 Å². The van der Waals surface area contributed by atoms with Crippen molar-refractivity contribution in [2.45, 2.75) is 19.9 Å². The minimum absolute atomic E-state index is 0.0733. The summed E-state index contributed by atoms with van der Waals surface area (Å²) in [4.78, 5) is 35.1. The molecule has 0 saturated carbocycles. The molecule has 3 rings (SSSR count). The number of ether oxygens (including phenoxy) is 2. The van der Waals surface area contributed by atoms with Gasteiger partial charge in [-0.2, -0.15) is 9.97 Å². The number of rotatable bonds is 8. The van der Waals surface area contributed by atoms with Gasteiger partial charge in [0.25, 0.3) is 0 Å². The summed E-state index contributed by atoms with van der Waals surface area (Å²) in [5.74, 6) is 0.205. The van der Waals surface area contributed by atoms with Gasteiger partial charge in [0.05, 0.1) is 13.2 Å². The molecule has 0 saturated heterocycles. The van der Waals surface area contributed by atoms with Crippen LogP contribution in [0.3, 0.4) is 0 Å². The number of nitrogens with one attached hydrogen (secondary N) is 1. The lowest BCUT2D eigenvalue weighted by Gasteiger charge is -2.07. The molecule has 0 atom stereocenters. The average Bonchev–Trinajstić information content (AvgIpc) is 2.98. The van der Waals surface area contributed by atoms with Gasteiger partial charge in [-0.05, 0) is 5.56 Å². The van der Waals surface area contributed by atoms with E-state index in [9.17, 15) is 9.59 Å². The van der Waals surface area contributed by atoms with Crippen LogP contribution in [0.2, 0.25) is 0 Å². The molecule has 0 radical (unpaired) electrons. The molecule has 0 amide bonds. The molecule has 0 aliphatic carbocycles. The van der Waals surface area contributed by atoms with E-state index in [0.717, 1.165) is 5.56 Å². The van der Waals surface area contributed by atoms with E-state index in [0.29, 0.717) is 29.8 Å². The van der Waals surface area contributed by atoms with Crippen molar-refractivity contribution in [3.05, 3.63) is 45.9 Å². The highest BCUT2D eigenvalue weighted by molar-refractivity contribution is 5.95. The second-order valence-corrected chi connectivity index (χ2v) is 5.92. The number of benzene rings is 1. The second-order valence-electron chi connectivity index (χ2n) is 5.92. The van der Waals surface area contributed by atoms with Crippen LogP contribution in [-0.2, 0) is 11.3 Å². The number of ketones is 1. The van der Waals surface area contributed by atoms with Crippen LogP contribution in [0.15, 0.2) is 29.1 Å². The molecule has 9 nitrogen and oxygen atoms in total. The standard InChI is InChI=1S/C18H21N5O4/c1-3-13(24)12-6-4-11(5-7-12)10-23-16-14(20-18(23)25)15(19)21-17(22-16)27-9-8-26-2/h4-7H,3,8-10H2,1-2H3,(H,20,25)(H2,19,21,22). The number of carbonyl (C=O) groups is 1. The summed E-state index contributed by atoms with van der Waals surface area (Å²) in [5.41, 5.74) is 7.78. The molecule has 0 aliphatic heterocycles. The predicted molar refractivity (Wildman–Crippen MR) is 100 cm³/mol. The zero-order chi connectivity index (χ0) is 19.4. The predicted octanol–water partition coefficient (Wildman–Crippen LogP) is 1.37. The topological polar surface area (TPSA) is 125 Å². The van der Waals surface area contributed by atoms with Crippen LogP contribution in [0.1, 0.15) is 29.3 Å². The summed E-state index contributed by atoms with van der Waals surface area (Å²) in [7, 11) is 1.56. The number of imidazole rings is 1. The Hall–Kier alpha value is -3.20. The molecule has 27 heavy (non-hydrogen) atoms. The van der Waals surface area contributed by atoms with Gasteiger partial charge in [-0.3, -0.25) is 9.36 Å². The smallest absolute Gasteiger partial charge is 0.328 e. The number of carbonyl (C=O) groups excluding carboxylic acids is 1. The van der Waals surface area contributed by atoms with Crippen molar-refractivity contribution in [2.75, 3.05) is 26.1 Å². The van der Waals surface area contributed by atoms with Gasteiger partial charge in [0.1, 0.15) is 12.1 Å². The van der Waals surface area contributed by atoms with Crippen molar-refractivity contribution < 1.29 is 14.3 Å². The lowest BCUT2D eigenvalue weighted by Crippen LogP contribution is -2.18. The minimum Gasteiger partial charge on any atom is -0.461 e. The Bertz CT molecular complexity index is 1010. The maximum atomic E-state index is 12.4. The monoisotopic (exact) mass is 371 g/mol. The molecule has 142 valence electrons. The first kappa shape index (κ1) is 18.6. The maximum Gasteiger partial charge on any atom is 0.328 e. The maximum absolute atomic E-state index is 12.4. The molecule has 0 unspecified atom stereocenters. The zero-order valence-corrected chi connectivity index (χ0v) is 15.2. The highest BCUT2D eigenvalue weighted by atomic mass is 16.5. The van der Waals surface area contributed by atoms with Crippen LogP contribution in [0.4, 0.5) is 5.82 Å². The Morgan fingerprint density at radius 1 is 1.22 bits per heavy atom. The number of methoxy groups -OCH3 is 1. The zero-order valence-electron chi connectivity index (χ0n) is 15.2. The lowest BCUT2D eigenvalue weighted by atomic mass is 10.1. The number of nitrogens with two attached hydrogens (primary N) is 1. The highest BCUT2D eigenvalue weighted by Crippen LogP contribution is 2.18. The van der Waals surface area contributed by atoms with E-state index in [-0.39, 0.29) is 36.5 Å². The summed E-state index contributed by atoms with van der Waals surface area (Å²) in [6.45, 7) is 2.73. The molecular formula is C18H21N5O4. The molecule has 0 bridgehead atoms. The van der Waals surface area contributed by atoms with Gasteiger partial charge in [0.15, 0.2) is 17.2 Å². The van der Waals surface area contributed by atoms with Gasteiger partial charge < -0.3 is 20.2 Å². The highest BCUT2D eigenvalue weighted by Gasteiger charge is 2.15. The first-order chi connectivity index (χ1) is 13.0. The number of Topliss-reactive ketones (excluding diaryl/α,β-unsaturated/α-hetero) is 1. The Morgan fingerprint density at radius 2 is 1.96 bits per heavy atom. The van der Waals surface area contributed by atoms with Gasteiger partial charge >= 0.3 is 11.7 Å². The Kier molecular flexibility index (Phi) is 5.51. The normalized spacial score (nSPS) is 11.0. The van der Waals surface area contributed by atoms with E-state index in [1.54, 1.807) is 19.2 Å². The SMILES string of the molecule is CCC(=O)c1ccc(Cn2c(=O)[nH]c3c(N)nc(OCCOC)nc32)cc1.